The molecule has 9 nitrogen and oxygen atoms in total. The van der Waals surface area contributed by atoms with Gasteiger partial charge in [0.15, 0.2) is 0 Å². The van der Waals surface area contributed by atoms with Crippen molar-refractivity contribution in [3.8, 4) is 5.75 Å². The lowest BCUT2D eigenvalue weighted by molar-refractivity contribution is -0.135. The molecule has 0 saturated heterocycles. The second kappa shape index (κ2) is 20.3. The summed E-state index contributed by atoms with van der Waals surface area (Å²) < 4.78 is 10.1. The summed E-state index contributed by atoms with van der Waals surface area (Å²) in [5, 5.41) is 8.59. The van der Waals surface area contributed by atoms with Gasteiger partial charge < -0.3 is 25.4 Å². The van der Waals surface area contributed by atoms with Gasteiger partial charge in [-0.3, -0.25) is 9.59 Å². The van der Waals surface area contributed by atoms with Crippen molar-refractivity contribution in [1.29, 1.82) is 0 Å². The van der Waals surface area contributed by atoms with E-state index in [1.165, 1.54) is 26.2 Å². The molecule has 3 N–H and O–H groups in total. The van der Waals surface area contributed by atoms with Crippen LogP contribution in [0.3, 0.4) is 0 Å². The largest absolute Gasteiger partial charge is 0.496 e. The molecule has 2 atom stereocenters. The molecule has 0 aliphatic carbocycles. The predicted octanol–water partition coefficient (Wildman–Crippen LogP) is 4.94. The van der Waals surface area contributed by atoms with E-state index in [-0.39, 0.29) is 36.7 Å². The zero-order valence-electron chi connectivity index (χ0n) is 24.7. The van der Waals surface area contributed by atoms with Crippen molar-refractivity contribution in [2.75, 3.05) is 27.3 Å². The smallest absolute Gasteiger partial charge is 0.337 e. The normalized spacial score (nSPS) is 12.6. The highest BCUT2D eigenvalue weighted by Gasteiger charge is 2.19. The van der Waals surface area contributed by atoms with Gasteiger partial charge in [0.25, 0.3) is 0 Å². The minimum Gasteiger partial charge on any atom is -0.496 e. The summed E-state index contributed by atoms with van der Waals surface area (Å²) in [6.07, 6.45) is 6.04. The maximum Gasteiger partial charge on any atom is 0.337 e. The number of benzene rings is 1. The Morgan fingerprint density at radius 3 is 2.33 bits per heavy atom. The van der Waals surface area contributed by atoms with Crippen molar-refractivity contribution in [1.82, 2.24) is 16.0 Å². The number of urea groups is 1. The van der Waals surface area contributed by atoms with E-state index in [1.807, 2.05) is 20.8 Å². The number of halogens is 1. The molecule has 222 valence electrons. The number of esters is 1. The minimum absolute atomic E-state index is 0.00824. The first-order valence-corrected chi connectivity index (χ1v) is 13.7. The first-order chi connectivity index (χ1) is 19.1. The second-order valence-corrected chi connectivity index (χ2v) is 9.07. The van der Waals surface area contributed by atoms with Crippen LogP contribution in [0.1, 0.15) is 53.0 Å². The van der Waals surface area contributed by atoms with E-state index >= 15 is 0 Å². The number of amides is 3. The van der Waals surface area contributed by atoms with Crippen LogP contribution in [0, 0.1) is 5.92 Å². The van der Waals surface area contributed by atoms with Crippen molar-refractivity contribution in [2.24, 2.45) is 5.92 Å². The van der Waals surface area contributed by atoms with Gasteiger partial charge in [0.2, 0.25) is 5.91 Å². The van der Waals surface area contributed by atoms with E-state index in [4.69, 9.17) is 21.1 Å². The van der Waals surface area contributed by atoms with Crippen LogP contribution in [0.4, 0.5) is 4.79 Å². The quantitative estimate of drug-likeness (QED) is 0.154. The molecule has 1 aromatic rings. The summed E-state index contributed by atoms with van der Waals surface area (Å²) in [4.78, 5) is 48.7. The standard InChI is InChI=1S/C28H38ClN3O6.C2H6/c1-7-9-21(27(35)38-6)14-18(3)24(8-2)32-28(36)31-17-26(34)30-13-12-20(19(4)33)15-22-16-23(29)10-11-25(22)37-5;1-2/h7,9-11,14,16,20,24H,1,8,12-13,15,17H2,2-6H3,(H,30,34)(H2,31,32,36);1-2H3/b18-14+,21-9+;/t20-,24+;/m0./s1. The molecule has 40 heavy (non-hydrogen) atoms. The number of rotatable bonds is 15. The zero-order valence-corrected chi connectivity index (χ0v) is 25.4. The highest BCUT2D eigenvalue weighted by Crippen LogP contribution is 2.26. The van der Waals surface area contributed by atoms with Gasteiger partial charge in [0.05, 0.1) is 32.4 Å². The van der Waals surface area contributed by atoms with Crippen LogP contribution in [0.5, 0.6) is 5.75 Å². The molecule has 0 saturated carbocycles. The first kappa shape index (κ1) is 36.4. The lowest BCUT2D eigenvalue weighted by Gasteiger charge is -2.19. The molecule has 0 fully saturated rings. The first-order valence-electron chi connectivity index (χ1n) is 13.3. The number of allylic oxidation sites excluding steroid dienone is 2. The molecule has 0 unspecified atom stereocenters. The maximum atomic E-state index is 12.4. The Labute approximate surface area is 243 Å². The summed E-state index contributed by atoms with van der Waals surface area (Å²) in [6.45, 7) is 12.8. The molecule has 0 radical (unpaired) electrons. The number of hydrogen-bond donors (Lipinski definition) is 3. The van der Waals surface area contributed by atoms with Gasteiger partial charge in [-0.1, -0.05) is 50.6 Å². The van der Waals surface area contributed by atoms with Crippen LogP contribution in [-0.4, -0.2) is 57.0 Å². The van der Waals surface area contributed by atoms with Crippen molar-refractivity contribution < 1.29 is 28.7 Å². The number of ketones is 1. The lowest BCUT2D eigenvalue weighted by Crippen LogP contribution is -2.46. The number of Topliss-reactive ketones (excluding diaryl/α,β-unsaturated/α-hetero) is 1. The summed E-state index contributed by atoms with van der Waals surface area (Å²) in [5.41, 5.74) is 1.85. The van der Waals surface area contributed by atoms with Gasteiger partial charge in [-0.05, 0) is 69.0 Å². The maximum absolute atomic E-state index is 12.4. The van der Waals surface area contributed by atoms with E-state index in [2.05, 4.69) is 22.5 Å². The van der Waals surface area contributed by atoms with E-state index < -0.39 is 12.0 Å². The molecule has 0 aliphatic heterocycles. The molecule has 3 amide bonds. The fourth-order valence-corrected chi connectivity index (χ4v) is 3.94. The van der Waals surface area contributed by atoms with Gasteiger partial charge in [0.1, 0.15) is 11.5 Å². The van der Waals surface area contributed by atoms with Crippen LogP contribution in [0.25, 0.3) is 0 Å². The number of ether oxygens (including phenoxy) is 2. The Morgan fingerprint density at radius 2 is 1.77 bits per heavy atom. The summed E-state index contributed by atoms with van der Waals surface area (Å²) in [7, 11) is 2.84. The van der Waals surface area contributed by atoms with Crippen LogP contribution in [0.15, 0.2) is 54.2 Å². The lowest BCUT2D eigenvalue weighted by atomic mass is 9.92. The van der Waals surface area contributed by atoms with E-state index in [9.17, 15) is 19.2 Å². The third-order valence-corrected chi connectivity index (χ3v) is 6.11. The Kier molecular flexibility index (Phi) is 18.5. The van der Waals surface area contributed by atoms with Crippen LogP contribution in [0.2, 0.25) is 5.02 Å². The highest BCUT2D eigenvalue weighted by atomic mass is 35.5. The molecule has 0 spiro atoms. The third-order valence-electron chi connectivity index (χ3n) is 5.87. The van der Waals surface area contributed by atoms with Gasteiger partial charge in [-0.2, -0.15) is 0 Å². The topological polar surface area (TPSA) is 123 Å². The average molecular weight is 578 g/mol. The van der Waals surface area contributed by atoms with Crippen molar-refractivity contribution >= 4 is 35.3 Å². The summed E-state index contributed by atoms with van der Waals surface area (Å²) in [5.74, 6) is -0.590. The summed E-state index contributed by atoms with van der Waals surface area (Å²) in [6, 6.07) is 4.35. The van der Waals surface area contributed by atoms with Gasteiger partial charge in [-0.25, -0.2) is 9.59 Å². The van der Waals surface area contributed by atoms with Crippen LogP contribution < -0.4 is 20.7 Å². The van der Waals surface area contributed by atoms with Crippen LogP contribution >= 0.6 is 11.6 Å². The van der Waals surface area contributed by atoms with Crippen molar-refractivity contribution in [3.05, 3.63) is 64.7 Å². The van der Waals surface area contributed by atoms with E-state index in [1.54, 1.807) is 38.3 Å². The van der Waals surface area contributed by atoms with Crippen molar-refractivity contribution in [3.63, 3.8) is 0 Å². The van der Waals surface area contributed by atoms with E-state index in [0.717, 1.165) is 11.1 Å². The molecule has 1 aromatic carbocycles. The molecule has 0 heterocycles. The molecule has 0 aliphatic rings. The highest BCUT2D eigenvalue weighted by molar-refractivity contribution is 6.30. The molecule has 0 bridgehead atoms. The third kappa shape index (κ3) is 13.5. The predicted molar refractivity (Wildman–Crippen MR) is 160 cm³/mol. The Bertz CT molecular complexity index is 1070. The average Bonchev–Trinajstić information content (AvgIpc) is 2.94. The second-order valence-electron chi connectivity index (χ2n) is 8.63. The van der Waals surface area contributed by atoms with E-state index in [0.29, 0.717) is 35.6 Å². The fraction of sp³-hybridized carbons (Fsp3) is 0.467. The molecular formula is C30H44ClN3O6. The number of hydrogen-bond acceptors (Lipinski definition) is 6. The van der Waals surface area contributed by atoms with Gasteiger partial charge in [0, 0.05) is 17.5 Å². The molecule has 10 heteroatoms. The van der Waals surface area contributed by atoms with Crippen molar-refractivity contribution in [2.45, 2.75) is 59.9 Å². The SMILES string of the molecule is C=C/C=C(\C=C(/C)[C@@H](CC)NC(=O)NCC(=O)NCC[C@@H](Cc1cc(Cl)ccc1OC)C(C)=O)C(=O)OC.CC. The molecule has 1 rings (SSSR count). The molecular weight excluding hydrogens is 534 g/mol. The molecule has 0 aromatic heterocycles. The number of carbonyl (C=O) groups is 4. The Morgan fingerprint density at radius 1 is 1.10 bits per heavy atom. The minimum atomic E-state index is -0.526. The number of methoxy groups -OCH3 is 2. The Balaban J connectivity index is 0.00000742. The fourth-order valence-electron chi connectivity index (χ4n) is 3.74. The zero-order chi connectivity index (χ0) is 30.7. The number of nitrogens with one attached hydrogen (secondary N) is 3. The number of carbonyl (C=O) groups excluding carboxylic acids is 4. The van der Waals surface area contributed by atoms with Gasteiger partial charge >= 0.3 is 12.0 Å². The summed E-state index contributed by atoms with van der Waals surface area (Å²) >= 11 is 6.09. The van der Waals surface area contributed by atoms with Crippen LogP contribution in [-0.2, 0) is 25.5 Å². The van der Waals surface area contributed by atoms with Gasteiger partial charge in [-0.15, -0.1) is 0 Å². The monoisotopic (exact) mass is 577 g/mol. The Hall–Kier alpha value is -3.59.